The van der Waals surface area contributed by atoms with E-state index in [1.54, 1.807) is 12.1 Å². The van der Waals surface area contributed by atoms with Crippen molar-refractivity contribution in [1.29, 1.82) is 0 Å². The Morgan fingerprint density at radius 3 is 2.34 bits per heavy atom. The maximum absolute atomic E-state index is 12.5. The van der Waals surface area contributed by atoms with Crippen LogP contribution >= 0.6 is 0 Å². The van der Waals surface area contributed by atoms with Gasteiger partial charge in [-0.3, -0.25) is 10.1 Å². The molecule has 1 aliphatic carbocycles. The van der Waals surface area contributed by atoms with E-state index >= 15 is 0 Å². The number of hydrogen-bond donors (Lipinski definition) is 2. The second kappa shape index (κ2) is 10.4. The van der Waals surface area contributed by atoms with Crippen molar-refractivity contribution in [2.24, 2.45) is 0 Å². The fourth-order valence-corrected chi connectivity index (χ4v) is 3.53. The lowest BCUT2D eigenvalue weighted by molar-refractivity contribution is -0.123. The minimum Gasteiger partial charge on any atom is -0.452 e. The zero-order valence-corrected chi connectivity index (χ0v) is 16.4. The summed E-state index contributed by atoms with van der Waals surface area (Å²) in [6.45, 7) is -0.503. The van der Waals surface area contributed by atoms with Crippen molar-refractivity contribution in [1.82, 2.24) is 10.6 Å². The van der Waals surface area contributed by atoms with Crippen LogP contribution in [0.4, 0.5) is 4.79 Å². The lowest BCUT2D eigenvalue weighted by atomic mass is 9.96. The highest BCUT2D eigenvalue weighted by molar-refractivity contribution is 5.97. The molecular formula is C23H26N2O4. The summed E-state index contributed by atoms with van der Waals surface area (Å²) in [5.74, 6) is -1.23. The van der Waals surface area contributed by atoms with Crippen molar-refractivity contribution in [3.05, 3.63) is 71.3 Å². The van der Waals surface area contributed by atoms with Crippen LogP contribution in [0.2, 0.25) is 0 Å². The zero-order valence-electron chi connectivity index (χ0n) is 16.4. The van der Waals surface area contributed by atoms with E-state index in [2.05, 4.69) is 10.6 Å². The van der Waals surface area contributed by atoms with Crippen molar-refractivity contribution in [3.63, 3.8) is 0 Å². The molecule has 2 aromatic rings. The number of carbonyl (C=O) groups excluding carboxylic acids is 3. The number of rotatable bonds is 6. The molecule has 2 aromatic carbocycles. The van der Waals surface area contributed by atoms with E-state index in [-0.39, 0.29) is 6.04 Å². The number of nitrogens with one attached hydrogen (secondary N) is 2. The molecule has 152 valence electrons. The lowest BCUT2D eigenvalue weighted by Gasteiger charge is -2.22. The minimum atomic E-state index is -0.646. The molecule has 6 heteroatoms. The van der Waals surface area contributed by atoms with Gasteiger partial charge in [0.05, 0.1) is 5.56 Å². The summed E-state index contributed by atoms with van der Waals surface area (Å²) in [4.78, 5) is 36.3. The quantitative estimate of drug-likeness (QED) is 0.734. The van der Waals surface area contributed by atoms with Gasteiger partial charge < -0.3 is 10.1 Å². The van der Waals surface area contributed by atoms with Gasteiger partial charge in [-0.15, -0.1) is 0 Å². The van der Waals surface area contributed by atoms with Gasteiger partial charge in [0.2, 0.25) is 0 Å². The number of urea groups is 1. The van der Waals surface area contributed by atoms with E-state index in [0.717, 1.165) is 36.8 Å². The van der Waals surface area contributed by atoms with Gasteiger partial charge in [-0.25, -0.2) is 9.59 Å². The lowest BCUT2D eigenvalue weighted by Crippen LogP contribution is -2.46. The molecule has 0 aromatic heterocycles. The molecule has 3 amide bonds. The Morgan fingerprint density at radius 2 is 1.59 bits per heavy atom. The minimum absolute atomic E-state index is 0.101. The van der Waals surface area contributed by atoms with Crippen LogP contribution in [0.25, 0.3) is 0 Å². The number of hydrogen-bond acceptors (Lipinski definition) is 4. The van der Waals surface area contributed by atoms with Crippen LogP contribution in [0.3, 0.4) is 0 Å². The van der Waals surface area contributed by atoms with Gasteiger partial charge in [-0.05, 0) is 36.5 Å². The first-order chi connectivity index (χ1) is 14.1. The SMILES string of the molecule is O=C(COC(=O)c1ccccc1Cc1ccccc1)NC(=O)NC1CCCCC1. The van der Waals surface area contributed by atoms with Gasteiger partial charge in [0, 0.05) is 6.04 Å². The van der Waals surface area contributed by atoms with Crippen molar-refractivity contribution in [2.75, 3.05) is 6.61 Å². The number of amides is 3. The van der Waals surface area contributed by atoms with Crippen molar-refractivity contribution >= 4 is 17.9 Å². The van der Waals surface area contributed by atoms with Gasteiger partial charge in [0.1, 0.15) is 0 Å². The Morgan fingerprint density at radius 1 is 0.897 bits per heavy atom. The molecule has 1 fully saturated rings. The van der Waals surface area contributed by atoms with E-state index in [4.69, 9.17) is 4.74 Å². The first kappa shape index (κ1) is 20.6. The average Bonchev–Trinajstić information content (AvgIpc) is 2.74. The van der Waals surface area contributed by atoms with Gasteiger partial charge in [0.25, 0.3) is 5.91 Å². The molecule has 6 nitrogen and oxygen atoms in total. The summed E-state index contributed by atoms with van der Waals surface area (Å²) in [6, 6.07) is 16.5. The van der Waals surface area contributed by atoms with Crippen molar-refractivity contribution in [2.45, 2.75) is 44.6 Å². The second-order valence-corrected chi connectivity index (χ2v) is 7.25. The first-order valence-electron chi connectivity index (χ1n) is 10.0. The highest BCUT2D eigenvalue weighted by atomic mass is 16.5. The molecule has 1 aliphatic rings. The maximum Gasteiger partial charge on any atom is 0.338 e. The van der Waals surface area contributed by atoms with Crippen LogP contribution in [-0.2, 0) is 16.0 Å². The van der Waals surface area contributed by atoms with Crippen molar-refractivity contribution < 1.29 is 19.1 Å². The summed E-state index contributed by atoms with van der Waals surface area (Å²) in [6.07, 6.45) is 5.78. The van der Waals surface area contributed by atoms with Crippen LogP contribution in [0.1, 0.15) is 53.6 Å². The zero-order chi connectivity index (χ0) is 20.5. The monoisotopic (exact) mass is 394 g/mol. The van der Waals surface area contributed by atoms with Gasteiger partial charge in [-0.1, -0.05) is 67.8 Å². The number of benzene rings is 2. The normalized spacial score (nSPS) is 14.1. The van der Waals surface area contributed by atoms with E-state index in [9.17, 15) is 14.4 Å². The highest BCUT2D eigenvalue weighted by Gasteiger charge is 2.18. The molecule has 0 heterocycles. The number of esters is 1. The number of carbonyl (C=O) groups is 3. The van der Waals surface area contributed by atoms with Gasteiger partial charge in [-0.2, -0.15) is 0 Å². The molecule has 1 saturated carbocycles. The molecule has 2 N–H and O–H groups in total. The summed E-state index contributed by atoms with van der Waals surface area (Å²) in [5.41, 5.74) is 2.31. The van der Waals surface area contributed by atoms with E-state index < -0.39 is 24.5 Å². The third kappa shape index (κ3) is 6.45. The van der Waals surface area contributed by atoms with Crippen LogP contribution in [0.15, 0.2) is 54.6 Å². The number of ether oxygens (including phenoxy) is 1. The van der Waals surface area contributed by atoms with Crippen LogP contribution in [0, 0.1) is 0 Å². The summed E-state index contributed by atoms with van der Waals surface area (Å²) in [5, 5.41) is 5.02. The van der Waals surface area contributed by atoms with Gasteiger partial charge >= 0.3 is 12.0 Å². The Bertz CT molecular complexity index is 845. The first-order valence-corrected chi connectivity index (χ1v) is 10.0. The maximum atomic E-state index is 12.5. The van der Waals surface area contributed by atoms with Crippen LogP contribution < -0.4 is 10.6 Å². The predicted molar refractivity (Wildman–Crippen MR) is 110 cm³/mol. The van der Waals surface area contributed by atoms with Crippen molar-refractivity contribution in [3.8, 4) is 0 Å². The molecule has 0 bridgehead atoms. The molecule has 0 radical (unpaired) electrons. The average molecular weight is 394 g/mol. The third-order valence-corrected chi connectivity index (χ3v) is 5.00. The smallest absolute Gasteiger partial charge is 0.338 e. The summed E-state index contributed by atoms with van der Waals surface area (Å²) >= 11 is 0. The summed E-state index contributed by atoms with van der Waals surface area (Å²) < 4.78 is 5.13. The predicted octanol–water partition coefficient (Wildman–Crippen LogP) is 3.59. The van der Waals surface area contributed by atoms with E-state index in [0.29, 0.717) is 12.0 Å². The van der Waals surface area contributed by atoms with Crippen LogP contribution in [-0.4, -0.2) is 30.6 Å². The Labute approximate surface area is 170 Å². The van der Waals surface area contributed by atoms with E-state index in [1.807, 2.05) is 42.5 Å². The molecule has 29 heavy (non-hydrogen) atoms. The largest absolute Gasteiger partial charge is 0.452 e. The Kier molecular flexibility index (Phi) is 7.39. The molecular weight excluding hydrogens is 368 g/mol. The second-order valence-electron chi connectivity index (χ2n) is 7.25. The Balaban J connectivity index is 1.50. The number of imide groups is 1. The van der Waals surface area contributed by atoms with Crippen LogP contribution in [0.5, 0.6) is 0 Å². The molecule has 3 rings (SSSR count). The topological polar surface area (TPSA) is 84.5 Å². The molecule has 0 saturated heterocycles. The standard InChI is InChI=1S/C23H26N2O4/c26-21(25-23(28)24-19-12-5-2-6-13-19)16-29-22(27)20-14-8-7-11-18(20)15-17-9-3-1-4-10-17/h1,3-4,7-11,14,19H,2,5-6,12-13,15-16H2,(H2,24,25,26,28). The van der Waals surface area contributed by atoms with Gasteiger partial charge in [0.15, 0.2) is 6.61 Å². The third-order valence-electron chi connectivity index (χ3n) is 5.00. The fourth-order valence-electron chi connectivity index (χ4n) is 3.53. The highest BCUT2D eigenvalue weighted by Crippen LogP contribution is 2.17. The fraction of sp³-hybridized carbons (Fsp3) is 0.348. The molecule has 0 unspecified atom stereocenters. The Hall–Kier alpha value is -3.15. The summed E-state index contributed by atoms with van der Waals surface area (Å²) in [7, 11) is 0. The molecule has 0 spiro atoms. The molecule has 0 atom stereocenters. The molecule has 0 aliphatic heterocycles. The van der Waals surface area contributed by atoms with E-state index in [1.165, 1.54) is 6.42 Å².